The molecule has 212 valence electrons. The average molecular weight is 526 g/mol. The molecular formula is C31H51N5O2. The highest BCUT2D eigenvalue weighted by Gasteiger charge is 2.47. The summed E-state index contributed by atoms with van der Waals surface area (Å²) in [6.07, 6.45) is 12.5. The first-order chi connectivity index (χ1) is 17.9. The summed E-state index contributed by atoms with van der Waals surface area (Å²) < 4.78 is 0. The van der Waals surface area contributed by atoms with Crippen LogP contribution >= 0.6 is 0 Å². The van der Waals surface area contributed by atoms with E-state index in [0.717, 1.165) is 44.9 Å². The fraction of sp³-hybridized carbons (Fsp3) is 0.774. The Morgan fingerprint density at radius 2 is 1.92 bits per heavy atom. The molecule has 7 nitrogen and oxygen atoms in total. The topological polar surface area (TPSA) is 81.3 Å². The van der Waals surface area contributed by atoms with Crippen molar-refractivity contribution in [1.29, 1.82) is 0 Å². The second-order valence-corrected chi connectivity index (χ2v) is 13.3. The number of nitrogens with zero attached hydrogens (tertiary/aromatic N) is 3. The number of likely N-dealkylation sites (tertiary alicyclic amines) is 1. The van der Waals surface area contributed by atoms with Gasteiger partial charge in [0.05, 0.1) is 23.8 Å². The van der Waals surface area contributed by atoms with Crippen LogP contribution < -0.4 is 5.32 Å². The predicted octanol–water partition coefficient (Wildman–Crippen LogP) is 4.97. The van der Waals surface area contributed by atoms with E-state index < -0.39 is 0 Å². The largest absolute Gasteiger partial charge is 0.338 e. The summed E-state index contributed by atoms with van der Waals surface area (Å²) >= 11 is 0. The minimum Gasteiger partial charge on any atom is -0.338 e. The number of hydrogen-bond acceptors (Lipinski definition) is 4. The Morgan fingerprint density at radius 1 is 1.18 bits per heavy atom. The number of H-pyrrole nitrogens is 1. The molecule has 3 heterocycles. The van der Waals surface area contributed by atoms with Crippen molar-refractivity contribution in [2.24, 2.45) is 16.7 Å². The van der Waals surface area contributed by atoms with Crippen LogP contribution in [0.4, 0.5) is 0 Å². The van der Waals surface area contributed by atoms with Crippen LogP contribution in [0, 0.1) is 16.7 Å². The molecule has 4 unspecified atom stereocenters. The smallest absolute Gasteiger partial charge is 0.242 e. The van der Waals surface area contributed by atoms with Gasteiger partial charge in [-0.3, -0.25) is 14.7 Å². The predicted molar refractivity (Wildman–Crippen MR) is 153 cm³/mol. The fourth-order valence-electron chi connectivity index (χ4n) is 7.18. The zero-order valence-corrected chi connectivity index (χ0v) is 25.1. The molecular weight excluding hydrogens is 474 g/mol. The monoisotopic (exact) mass is 525 g/mol. The number of aromatic nitrogens is 2. The molecule has 1 aromatic rings. The van der Waals surface area contributed by atoms with Crippen molar-refractivity contribution >= 4 is 11.8 Å². The average Bonchev–Trinajstić information content (AvgIpc) is 3.46. The molecule has 2 amide bonds. The van der Waals surface area contributed by atoms with Gasteiger partial charge in [-0.1, -0.05) is 53.7 Å². The molecule has 7 heteroatoms. The van der Waals surface area contributed by atoms with Gasteiger partial charge < -0.3 is 15.1 Å². The maximum atomic E-state index is 13.2. The number of amides is 2. The van der Waals surface area contributed by atoms with Gasteiger partial charge in [0, 0.05) is 30.7 Å². The third-order valence-corrected chi connectivity index (χ3v) is 9.88. The Kier molecular flexibility index (Phi) is 8.19. The van der Waals surface area contributed by atoms with Gasteiger partial charge in [0.15, 0.2) is 0 Å². The summed E-state index contributed by atoms with van der Waals surface area (Å²) in [4.78, 5) is 29.9. The lowest BCUT2D eigenvalue weighted by atomic mass is 9.74. The van der Waals surface area contributed by atoms with Crippen LogP contribution in [0.15, 0.2) is 12.2 Å². The van der Waals surface area contributed by atoms with E-state index in [1.54, 1.807) is 4.90 Å². The number of piperidine rings is 1. The number of rotatable bonds is 5. The molecule has 0 spiro atoms. The van der Waals surface area contributed by atoms with Crippen LogP contribution in [0.3, 0.4) is 0 Å². The molecule has 5 atom stereocenters. The second kappa shape index (κ2) is 10.8. The number of nitrogens with one attached hydrogen (secondary N) is 2. The van der Waals surface area contributed by atoms with Crippen LogP contribution in [0.2, 0.25) is 0 Å². The van der Waals surface area contributed by atoms with Crippen LogP contribution in [0.5, 0.6) is 0 Å². The second-order valence-electron chi connectivity index (χ2n) is 13.3. The summed E-state index contributed by atoms with van der Waals surface area (Å²) in [6, 6.07) is 0.354. The molecule has 2 aliphatic heterocycles. The Bertz CT molecular complexity index is 1060. The Morgan fingerprint density at radius 3 is 2.63 bits per heavy atom. The van der Waals surface area contributed by atoms with E-state index in [2.05, 4.69) is 50.3 Å². The molecule has 0 radical (unpaired) electrons. The van der Waals surface area contributed by atoms with Crippen molar-refractivity contribution in [3.63, 3.8) is 0 Å². The number of carbonyl (C=O) groups is 2. The van der Waals surface area contributed by atoms with E-state index in [0.29, 0.717) is 23.9 Å². The quantitative estimate of drug-likeness (QED) is 0.532. The highest BCUT2D eigenvalue weighted by molar-refractivity contribution is 5.88. The van der Waals surface area contributed by atoms with E-state index in [1.807, 2.05) is 32.7 Å². The number of likely N-dealkylation sites (N-methyl/N-ethyl adjacent to an activating group) is 1. The van der Waals surface area contributed by atoms with Crippen molar-refractivity contribution in [1.82, 2.24) is 25.3 Å². The van der Waals surface area contributed by atoms with E-state index >= 15 is 0 Å². The molecule has 2 aliphatic carbocycles. The lowest BCUT2D eigenvalue weighted by Crippen LogP contribution is -2.52. The van der Waals surface area contributed by atoms with Gasteiger partial charge in [-0.25, -0.2) is 0 Å². The lowest BCUT2D eigenvalue weighted by Gasteiger charge is -2.40. The van der Waals surface area contributed by atoms with Crippen molar-refractivity contribution in [3.8, 4) is 0 Å². The summed E-state index contributed by atoms with van der Waals surface area (Å²) in [5, 5.41) is 12.1. The van der Waals surface area contributed by atoms with Crippen LogP contribution in [-0.4, -0.2) is 64.0 Å². The molecule has 0 saturated carbocycles. The van der Waals surface area contributed by atoms with Gasteiger partial charge in [-0.15, -0.1) is 0 Å². The Labute approximate surface area is 230 Å². The maximum Gasteiger partial charge on any atom is 0.242 e. The van der Waals surface area contributed by atoms with E-state index in [1.165, 1.54) is 23.4 Å². The van der Waals surface area contributed by atoms with E-state index in [9.17, 15) is 9.59 Å². The molecule has 0 bridgehead atoms. The molecule has 1 aromatic heterocycles. The normalized spacial score (nSPS) is 33.7. The van der Waals surface area contributed by atoms with Gasteiger partial charge in [0.25, 0.3) is 0 Å². The summed E-state index contributed by atoms with van der Waals surface area (Å²) in [6.45, 7) is 16.0. The van der Waals surface area contributed by atoms with E-state index in [4.69, 9.17) is 5.10 Å². The lowest BCUT2D eigenvalue weighted by molar-refractivity contribution is -0.150. The van der Waals surface area contributed by atoms with Crippen molar-refractivity contribution in [2.45, 2.75) is 117 Å². The summed E-state index contributed by atoms with van der Waals surface area (Å²) in [7, 11) is 1.89. The number of aromatic amines is 1. The Balaban J connectivity index is 0.00000164. The van der Waals surface area contributed by atoms with Gasteiger partial charge in [-0.05, 0) is 75.2 Å². The molecule has 38 heavy (non-hydrogen) atoms. The Hall–Kier alpha value is -2.15. The first-order valence-corrected chi connectivity index (χ1v) is 15.0. The standard InChI is InChI=1S/C29H45N5O2.C2H6/c1-7-28(4)12-8-14-34(26(28)36)18-24(35)33(6)20-10-9-19-16-29(5,30-22(19)15-20)25-21-11-13-27(2,3)17-23(21)31-32-25;1-2/h9-10,19-20,22,30H,7-8,11-18H2,1-6H3,(H,31,32);1-2H3/t19?,20?,22?,28?,29-;/m1./s1. The fourth-order valence-corrected chi connectivity index (χ4v) is 7.18. The maximum absolute atomic E-state index is 13.2. The zero-order valence-electron chi connectivity index (χ0n) is 25.1. The summed E-state index contributed by atoms with van der Waals surface area (Å²) in [5.41, 5.74) is 3.77. The molecule has 2 fully saturated rings. The molecule has 4 aliphatic rings. The molecule has 2 N–H and O–H groups in total. The molecule has 5 rings (SSSR count). The van der Waals surface area contributed by atoms with Crippen molar-refractivity contribution in [2.75, 3.05) is 20.1 Å². The van der Waals surface area contributed by atoms with Gasteiger partial charge in [0.1, 0.15) is 0 Å². The van der Waals surface area contributed by atoms with E-state index in [-0.39, 0.29) is 35.4 Å². The number of fused-ring (bicyclic) bond motifs is 2. The highest BCUT2D eigenvalue weighted by Crippen LogP contribution is 2.44. The first kappa shape index (κ1) is 28.8. The minimum atomic E-state index is -0.325. The van der Waals surface area contributed by atoms with Gasteiger partial charge >= 0.3 is 0 Å². The van der Waals surface area contributed by atoms with Crippen LogP contribution in [-0.2, 0) is 28.0 Å². The van der Waals surface area contributed by atoms with Crippen LogP contribution in [0.1, 0.15) is 104 Å². The van der Waals surface area contributed by atoms with Gasteiger partial charge in [0.2, 0.25) is 11.8 Å². The first-order valence-electron chi connectivity index (χ1n) is 15.0. The van der Waals surface area contributed by atoms with Crippen molar-refractivity contribution < 1.29 is 9.59 Å². The van der Waals surface area contributed by atoms with Gasteiger partial charge in [-0.2, -0.15) is 5.10 Å². The number of hydrogen-bond donors (Lipinski definition) is 2. The molecule has 2 saturated heterocycles. The van der Waals surface area contributed by atoms with Crippen LogP contribution in [0.25, 0.3) is 0 Å². The number of carbonyl (C=O) groups excluding carboxylic acids is 2. The summed E-state index contributed by atoms with van der Waals surface area (Å²) in [5.74, 6) is 0.605. The zero-order chi connectivity index (χ0) is 27.9. The minimum absolute atomic E-state index is 0.0292. The third-order valence-electron chi connectivity index (χ3n) is 9.88. The van der Waals surface area contributed by atoms with Crippen molar-refractivity contribution in [3.05, 3.63) is 29.1 Å². The third kappa shape index (κ3) is 5.32. The highest BCUT2D eigenvalue weighted by atomic mass is 16.2. The molecule has 0 aromatic carbocycles. The SMILES string of the molecule is CC.CCC1(C)CCCN(CC(=O)N(C)C2C=CC3C[C@](C)(c4n[nH]c5c4CCC(C)(C)C5)NC3C2)C1=O.